The quantitative estimate of drug-likeness (QED) is 0.253. The fourth-order valence-corrected chi connectivity index (χ4v) is 3.42. The zero-order valence-electron chi connectivity index (χ0n) is 15.6. The SMILES string of the molecule is O=C(Nc1ccc2c(c1S)c(=O)oc1cccc(OC(F)F)c12)OCc1cc#ccc1. The maximum absolute atomic E-state index is 12.8. The molecule has 1 amide bonds. The lowest BCUT2D eigenvalue weighted by atomic mass is 10.1. The number of hydrogen-bond donors (Lipinski definition) is 2. The predicted molar refractivity (Wildman–Crippen MR) is 112 cm³/mol. The Morgan fingerprint density at radius 3 is 2.74 bits per heavy atom. The summed E-state index contributed by atoms with van der Waals surface area (Å²) in [6.45, 7) is -3.05. The number of anilines is 1. The number of amides is 1. The number of fused-ring (bicyclic) bond motifs is 3. The Morgan fingerprint density at radius 1 is 1.16 bits per heavy atom. The number of nitrogens with one attached hydrogen (secondary N) is 1. The highest BCUT2D eigenvalue weighted by atomic mass is 32.1. The van der Waals surface area contributed by atoms with E-state index in [4.69, 9.17) is 9.15 Å². The van der Waals surface area contributed by atoms with Gasteiger partial charge >= 0.3 is 18.3 Å². The number of thiol groups is 1. The Kier molecular flexibility index (Phi) is 5.64. The molecule has 0 aliphatic heterocycles. The molecule has 31 heavy (non-hydrogen) atoms. The maximum Gasteiger partial charge on any atom is 0.411 e. The molecule has 0 fully saturated rings. The van der Waals surface area contributed by atoms with Crippen molar-refractivity contribution in [2.45, 2.75) is 18.1 Å². The summed E-state index contributed by atoms with van der Waals surface area (Å²) >= 11 is 4.35. The third-order valence-corrected chi connectivity index (χ3v) is 4.85. The van der Waals surface area contributed by atoms with Crippen molar-refractivity contribution in [3.05, 3.63) is 76.6 Å². The Labute approximate surface area is 179 Å². The molecule has 9 heteroatoms. The van der Waals surface area contributed by atoms with Gasteiger partial charge < -0.3 is 13.9 Å². The minimum absolute atomic E-state index is 0.00662. The van der Waals surface area contributed by atoms with Gasteiger partial charge in [0.15, 0.2) is 0 Å². The average molecular weight is 441 g/mol. The van der Waals surface area contributed by atoms with E-state index >= 15 is 0 Å². The van der Waals surface area contributed by atoms with Crippen LogP contribution in [0.5, 0.6) is 5.75 Å². The highest BCUT2D eigenvalue weighted by Gasteiger charge is 2.18. The smallest absolute Gasteiger partial charge is 0.411 e. The zero-order chi connectivity index (χ0) is 22.0. The van der Waals surface area contributed by atoms with E-state index in [-0.39, 0.29) is 39.3 Å². The van der Waals surface area contributed by atoms with Gasteiger partial charge in [-0.05, 0) is 42.0 Å². The van der Waals surface area contributed by atoms with E-state index < -0.39 is 18.3 Å². The molecule has 0 unspecified atom stereocenters. The Bertz CT molecular complexity index is 1320. The van der Waals surface area contributed by atoms with Gasteiger partial charge in [0.05, 0.1) is 16.5 Å². The van der Waals surface area contributed by atoms with Crippen LogP contribution in [-0.2, 0) is 11.3 Å². The van der Waals surface area contributed by atoms with Crippen molar-refractivity contribution in [1.29, 1.82) is 0 Å². The van der Waals surface area contributed by atoms with Crippen molar-refractivity contribution < 1.29 is 27.5 Å². The molecule has 4 aromatic rings. The first-order valence-electron chi connectivity index (χ1n) is 8.91. The van der Waals surface area contributed by atoms with Crippen LogP contribution in [0.25, 0.3) is 21.7 Å². The Hall–Kier alpha value is -3.77. The molecule has 0 aliphatic rings. The van der Waals surface area contributed by atoms with Gasteiger partial charge in [-0.2, -0.15) is 8.78 Å². The minimum Gasteiger partial charge on any atom is -0.444 e. The van der Waals surface area contributed by atoms with Gasteiger partial charge in [0, 0.05) is 10.3 Å². The van der Waals surface area contributed by atoms with Crippen molar-refractivity contribution in [2.24, 2.45) is 0 Å². The number of alkyl halides is 2. The van der Waals surface area contributed by atoms with Gasteiger partial charge in [-0.25, -0.2) is 9.59 Å². The van der Waals surface area contributed by atoms with Gasteiger partial charge in [-0.15, -0.1) is 12.6 Å². The van der Waals surface area contributed by atoms with Crippen LogP contribution < -0.4 is 15.7 Å². The molecule has 0 bridgehead atoms. The summed E-state index contributed by atoms with van der Waals surface area (Å²) in [5, 5.41) is 3.00. The van der Waals surface area contributed by atoms with Crippen LogP contribution in [0.1, 0.15) is 5.56 Å². The lowest BCUT2D eigenvalue weighted by molar-refractivity contribution is -0.0487. The molecular formula is C22H13F2NO5S. The first-order valence-corrected chi connectivity index (χ1v) is 9.35. The summed E-state index contributed by atoms with van der Waals surface area (Å²) in [6.07, 6.45) is -0.769. The number of halogens is 2. The van der Waals surface area contributed by atoms with Crippen LogP contribution in [0.4, 0.5) is 19.3 Å². The molecule has 0 spiro atoms. The normalized spacial score (nSPS) is 10.8. The Balaban J connectivity index is 1.70. The van der Waals surface area contributed by atoms with Gasteiger partial charge in [0.25, 0.3) is 0 Å². The number of benzene rings is 2. The summed E-state index contributed by atoms with van der Waals surface area (Å²) < 4.78 is 40.6. The fraction of sp³-hybridized carbons (Fsp3) is 0.0909. The van der Waals surface area contributed by atoms with Crippen LogP contribution in [0.15, 0.2) is 62.6 Å². The maximum atomic E-state index is 12.8. The second-order valence-electron chi connectivity index (χ2n) is 6.32. The van der Waals surface area contributed by atoms with E-state index in [1.54, 1.807) is 18.2 Å². The third kappa shape index (κ3) is 4.25. The molecular weight excluding hydrogens is 428 g/mol. The molecule has 6 nitrogen and oxygen atoms in total. The minimum atomic E-state index is -3.06. The second-order valence-corrected chi connectivity index (χ2v) is 6.77. The van der Waals surface area contributed by atoms with E-state index in [1.165, 1.54) is 30.3 Å². The molecule has 0 saturated carbocycles. The van der Waals surface area contributed by atoms with Gasteiger partial charge in [-0.1, -0.05) is 24.3 Å². The molecule has 4 rings (SSSR count). The van der Waals surface area contributed by atoms with Gasteiger partial charge in [0.1, 0.15) is 17.9 Å². The van der Waals surface area contributed by atoms with E-state index in [1.807, 2.05) is 0 Å². The summed E-state index contributed by atoms with van der Waals surface area (Å²) in [7, 11) is 0. The van der Waals surface area contributed by atoms with Crippen LogP contribution in [0.2, 0.25) is 0 Å². The molecule has 0 radical (unpaired) electrons. The number of hydrogen-bond acceptors (Lipinski definition) is 6. The summed E-state index contributed by atoms with van der Waals surface area (Å²) in [5.74, 6) is -0.147. The largest absolute Gasteiger partial charge is 0.444 e. The monoisotopic (exact) mass is 441 g/mol. The molecule has 1 N–H and O–H groups in total. The molecule has 0 atom stereocenters. The van der Waals surface area contributed by atoms with Crippen LogP contribution in [-0.4, -0.2) is 12.7 Å². The standard InChI is InChI=1S/C22H13F2NO5S/c23-21(24)30-16-8-4-7-15-17(16)13-9-10-14(19(31)18(13)20(26)29-15)25-22(27)28-11-12-5-2-1-3-6-12/h2,4-10,21,31H,11H2,(H,25,27). The predicted octanol–water partition coefficient (Wildman–Crippen LogP) is 5.19. The van der Waals surface area contributed by atoms with E-state index in [2.05, 4.69) is 34.8 Å². The fourth-order valence-electron chi connectivity index (χ4n) is 3.08. The number of ether oxygens (including phenoxy) is 2. The van der Waals surface area contributed by atoms with Crippen molar-refractivity contribution >= 4 is 46.2 Å². The lowest BCUT2D eigenvalue weighted by Crippen LogP contribution is -2.14. The van der Waals surface area contributed by atoms with Crippen LogP contribution in [0.3, 0.4) is 0 Å². The molecule has 0 saturated heterocycles. The summed E-state index contributed by atoms with van der Waals surface area (Å²) in [6, 6.07) is 17.7. The summed E-state index contributed by atoms with van der Waals surface area (Å²) in [4.78, 5) is 24.8. The molecule has 0 aliphatic carbocycles. The first kappa shape index (κ1) is 20.5. The number of rotatable bonds is 5. The second kappa shape index (κ2) is 8.53. The topological polar surface area (TPSA) is 77.8 Å². The highest BCUT2D eigenvalue weighted by Crippen LogP contribution is 2.36. The molecule has 1 aromatic heterocycles. The third-order valence-electron chi connectivity index (χ3n) is 4.39. The van der Waals surface area contributed by atoms with Crippen molar-refractivity contribution in [3.63, 3.8) is 0 Å². The first-order chi connectivity index (χ1) is 14.9. The molecule has 1 heterocycles. The van der Waals surface area contributed by atoms with E-state index in [9.17, 15) is 18.4 Å². The van der Waals surface area contributed by atoms with Crippen LogP contribution >= 0.6 is 12.6 Å². The summed E-state index contributed by atoms with van der Waals surface area (Å²) in [5.41, 5.74) is 0.250. The van der Waals surface area contributed by atoms with Crippen molar-refractivity contribution in [3.8, 4) is 5.75 Å². The zero-order valence-corrected chi connectivity index (χ0v) is 16.5. The molecule has 156 valence electrons. The van der Waals surface area contributed by atoms with Crippen molar-refractivity contribution in [1.82, 2.24) is 0 Å². The Morgan fingerprint density at radius 2 is 2.00 bits per heavy atom. The van der Waals surface area contributed by atoms with Crippen LogP contribution in [0, 0.1) is 12.1 Å². The lowest BCUT2D eigenvalue weighted by Gasteiger charge is -2.13. The van der Waals surface area contributed by atoms with Gasteiger partial charge in [0.2, 0.25) is 0 Å². The average Bonchev–Trinajstić information content (AvgIpc) is 2.74. The molecule has 3 aromatic carbocycles. The number of carbonyl (C=O) groups excluding carboxylic acids is 1. The van der Waals surface area contributed by atoms with E-state index in [0.29, 0.717) is 5.39 Å². The van der Waals surface area contributed by atoms with E-state index in [0.717, 1.165) is 5.56 Å². The number of carbonyl (C=O) groups is 1. The highest BCUT2D eigenvalue weighted by molar-refractivity contribution is 7.80. The van der Waals surface area contributed by atoms with Gasteiger partial charge in [-0.3, -0.25) is 5.32 Å². The van der Waals surface area contributed by atoms with Crippen molar-refractivity contribution in [2.75, 3.05) is 5.32 Å².